The number of nitrogens with zero attached hydrogens (tertiary/aromatic N) is 2. The number of benzene rings is 3. The molecular weight excluding hydrogens is 638 g/mol. The molecule has 0 bridgehead atoms. The third-order valence-electron chi connectivity index (χ3n) is 5.04. The molecule has 0 aliphatic rings. The zero-order valence-electron chi connectivity index (χ0n) is 21.8. The van der Waals surface area contributed by atoms with E-state index < -0.39 is 18.6 Å². The molecule has 6 heteroatoms. The maximum atomic E-state index is 12.4. The third kappa shape index (κ3) is 7.20. The van der Waals surface area contributed by atoms with Gasteiger partial charge in [-0.05, 0) is 40.5 Å². The molecule has 5 rings (SSSR count). The van der Waals surface area contributed by atoms with Crippen molar-refractivity contribution in [3.63, 3.8) is 0 Å². The van der Waals surface area contributed by atoms with E-state index in [-0.39, 0.29) is 25.7 Å². The molecule has 0 N–H and O–H groups in total. The predicted octanol–water partition coefficient (Wildman–Crippen LogP) is 8.09. The Bertz CT molecular complexity index is 1330. The van der Waals surface area contributed by atoms with Gasteiger partial charge in [0.1, 0.15) is 0 Å². The average Bonchev–Trinajstić information content (AvgIpc) is 2.94. The number of aromatic nitrogens is 2. The molecular formula is C30H21F3IrN2-2. The molecule has 0 amide bonds. The molecule has 0 saturated heterocycles. The summed E-state index contributed by atoms with van der Waals surface area (Å²) >= 11 is 0. The van der Waals surface area contributed by atoms with Crippen LogP contribution in [0.2, 0.25) is 0 Å². The second-order valence-corrected chi connectivity index (χ2v) is 7.50. The number of halogens is 3. The van der Waals surface area contributed by atoms with Crippen molar-refractivity contribution in [2.24, 2.45) is 0 Å². The Hall–Kier alpha value is -3.60. The molecule has 1 radical (unpaired) electrons. The molecule has 0 atom stereocenters. The number of rotatable bonds is 3. The molecule has 36 heavy (non-hydrogen) atoms. The minimum absolute atomic E-state index is 0. The van der Waals surface area contributed by atoms with Gasteiger partial charge in [0.2, 0.25) is 0 Å². The van der Waals surface area contributed by atoms with E-state index in [1.54, 1.807) is 0 Å². The van der Waals surface area contributed by atoms with Gasteiger partial charge in [0.05, 0.1) is 0 Å². The van der Waals surface area contributed by atoms with Crippen LogP contribution < -0.4 is 0 Å². The van der Waals surface area contributed by atoms with Crippen LogP contribution in [0, 0.1) is 19.0 Å². The van der Waals surface area contributed by atoms with Crippen LogP contribution in [0.4, 0.5) is 13.2 Å². The summed E-state index contributed by atoms with van der Waals surface area (Å²) in [5.74, 6) is 0. The summed E-state index contributed by atoms with van der Waals surface area (Å²) in [6, 6.07) is 33.8. The van der Waals surface area contributed by atoms with Gasteiger partial charge >= 0.3 is 6.18 Å². The Morgan fingerprint density at radius 3 is 1.92 bits per heavy atom. The van der Waals surface area contributed by atoms with E-state index in [9.17, 15) is 13.2 Å². The van der Waals surface area contributed by atoms with Crippen LogP contribution in [0.5, 0.6) is 0 Å². The second-order valence-electron chi connectivity index (χ2n) is 7.50. The van der Waals surface area contributed by atoms with E-state index in [1.165, 1.54) is 30.0 Å². The van der Waals surface area contributed by atoms with Gasteiger partial charge in [0.25, 0.3) is 0 Å². The zero-order valence-corrected chi connectivity index (χ0v) is 21.1. The van der Waals surface area contributed by atoms with Crippen molar-refractivity contribution in [3.8, 4) is 33.6 Å². The van der Waals surface area contributed by atoms with E-state index in [4.69, 9.17) is 4.11 Å². The monoisotopic (exact) mass is 662 g/mol. The first-order valence-corrected chi connectivity index (χ1v) is 10.7. The van der Waals surface area contributed by atoms with Gasteiger partial charge in [-0.25, -0.2) is 0 Å². The standard InChI is InChI=1S/C17H12N.C13H9F3N.Ir/c1-3-7-14(8-4-1)16-11-12-17(18-13-16)15-9-5-2-6-10-15;1-9-2-7-12(17-8-9)10-3-5-11(6-4-10)13(14,15)16;/h1-9,11-13H;2-3,5-8H,1H3;/q2*-1;/i;1D3;. The Labute approximate surface area is 226 Å². The fourth-order valence-electron chi connectivity index (χ4n) is 3.22. The van der Waals surface area contributed by atoms with Crippen molar-refractivity contribution in [3.05, 3.63) is 133 Å². The van der Waals surface area contributed by atoms with E-state index in [2.05, 4.69) is 40.3 Å². The average molecular weight is 662 g/mol. The smallest absolute Gasteiger partial charge is 0.304 e. The third-order valence-corrected chi connectivity index (χ3v) is 5.04. The quantitative estimate of drug-likeness (QED) is 0.183. The minimum Gasteiger partial charge on any atom is -0.304 e. The van der Waals surface area contributed by atoms with Crippen molar-refractivity contribution in [1.82, 2.24) is 9.97 Å². The summed E-state index contributed by atoms with van der Waals surface area (Å²) in [6.07, 6.45) is -1.31. The molecule has 2 nitrogen and oxygen atoms in total. The van der Waals surface area contributed by atoms with Crippen LogP contribution in [0.1, 0.15) is 15.2 Å². The van der Waals surface area contributed by atoms with Crippen molar-refractivity contribution in [1.29, 1.82) is 0 Å². The number of alkyl halides is 3. The number of hydrogen-bond acceptors (Lipinski definition) is 2. The van der Waals surface area contributed by atoms with Crippen molar-refractivity contribution < 1.29 is 37.4 Å². The molecule has 0 saturated carbocycles. The first-order valence-electron chi connectivity index (χ1n) is 12.2. The van der Waals surface area contributed by atoms with Gasteiger partial charge < -0.3 is 9.97 Å². The maximum absolute atomic E-state index is 12.4. The maximum Gasteiger partial charge on any atom is 0.381 e. The number of hydrogen-bond donors (Lipinski definition) is 0. The van der Waals surface area contributed by atoms with Crippen LogP contribution in [-0.4, -0.2) is 9.97 Å². The number of pyridine rings is 2. The van der Waals surface area contributed by atoms with E-state index in [0.29, 0.717) is 11.3 Å². The summed E-state index contributed by atoms with van der Waals surface area (Å²) in [6.45, 7) is -2.25. The SMILES string of the molecule is [2H]C([2H])([2H])c1ccc(-c2[c-]cc(C(F)(F)F)cc2)nc1.[Ir].[c-]1ccccc1-c1ccc(-c2ccccc2)cn1. The van der Waals surface area contributed by atoms with Crippen LogP contribution in [0.15, 0.2) is 109 Å². The summed E-state index contributed by atoms with van der Waals surface area (Å²) in [5.41, 5.74) is 4.33. The summed E-state index contributed by atoms with van der Waals surface area (Å²) in [5, 5.41) is 0. The first kappa shape index (κ1) is 22.8. The summed E-state index contributed by atoms with van der Waals surface area (Å²) < 4.78 is 58.8. The van der Waals surface area contributed by atoms with Crippen LogP contribution in [0.25, 0.3) is 33.6 Å². The topological polar surface area (TPSA) is 25.8 Å². The van der Waals surface area contributed by atoms with Crippen LogP contribution in [0.3, 0.4) is 0 Å². The van der Waals surface area contributed by atoms with Gasteiger partial charge in [-0.2, -0.15) is 13.2 Å². The molecule has 0 aliphatic heterocycles. The van der Waals surface area contributed by atoms with E-state index >= 15 is 0 Å². The Kier molecular flexibility index (Phi) is 7.86. The molecule has 0 fully saturated rings. The van der Waals surface area contributed by atoms with Crippen LogP contribution in [-0.2, 0) is 26.3 Å². The van der Waals surface area contributed by atoms with Gasteiger partial charge in [0, 0.05) is 36.6 Å². The molecule has 0 aliphatic carbocycles. The molecule has 2 aromatic heterocycles. The largest absolute Gasteiger partial charge is 0.381 e. The van der Waals surface area contributed by atoms with E-state index in [0.717, 1.165) is 29.0 Å². The predicted molar refractivity (Wildman–Crippen MR) is 132 cm³/mol. The Balaban J connectivity index is 0.000000211. The first-order chi connectivity index (χ1) is 18.1. The van der Waals surface area contributed by atoms with Gasteiger partial charge in [-0.3, -0.25) is 0 Å². The van der Waals surface area contributed by atoms with Gasteiger partial charge in [0.15, 0.2) is 0 Å². The Morgan fingerprint density at radius 2 is 1.39 bits per heavy atom. The summed E-state index contributed by atoms with van der Waals surface area (Å²) in [7, 11) is 0. The van der Waals surface area contributed by atoms with E-state index in [1.807, 2.05) is 54.7 Å². The molecule has 0 spiro atoms. The van der Waals surface area contributed by atoms with Gasteiger partial charge in [-0.15, -0.1) is 65.7 Å². The van der Waals surface area contributed by atoms with Gasteiger partial charge in [-0.1, -0.05) is 54.6 Å². The van der Waals surface area contributed by atoms with Crippen molar-refractivity contribution in [2.75, 3.05) is 0 Å². The number of aryl methyl sites for hydroxylation is 1. The molecule has 2 heterocycles. The van der Waals surface area contributed by atoms with Crippen molar-refractivity contribution in [2.45, 2.75) is 13.0 Å². The minimum atomic E-state index is -4.41. The second kappa shape index (κ2) is 12.4. The molecule has 3 aromatic carbocycles. The Morgan fingerprint density at radius 1 is 0.694 bits per heavy atom. The molecule has 0 unspecified atom stereocenters. The fourth-order valence-corrected chi connectivity index (χ4v) is 3.22. The molecule has 5 aromatic rings. The summed E-state index contributed by atoms with van der Waals surface area (Å²) in [4.78, 5) is 8.43. The normalized spacial score (nSPS) is 12.1. The fraction of sp³-hybridized carbons (Fsp3) is 0.0667. The molecule has 183 valence electrons. The zero-order chi connectivity index (χ0) is 27.2. The van der Waals surface area contributed by atoms with Crippen molar-refractivity contribution >= 4 is 0 Å². The van der Waals surface area contributed by atoms with Crippen LogP contribution >= 0.6 is 0 Å².